The van der Waals surface area contributed by atoms with Crippen LogP contribution in [0, 0.1) is 0 Å². The number of fused-ring (bicyclic) bond motifs is 6. The summed E-state index contributed by atoms with van der Waals surface area (Å²) in [5, 5.41) is 22.7. The van der Waals surface area contributed by atoms with Crippen molar-refractivity contribution in [3.63, 3.8) is 0 Å². The average molecular weight is 744 g/mol. The zero-order valence-corrected chi connectivity index (χ0v) is 30.5. The lowest BCUT2D eigenvalue weighted by Gasteiger charge is -2.43. The quantitative estimate of drug-likeness (QED) is 0.0772. The average Bonchev–Trinajstić information content (AvgIpc) is 3.38. The molecule has 3 aliphatic heterocycles. The summed E-state index contributed by atoms with van der Waals surface area (Å²) in [6.07, 6.45) is 5.96. The highest BCUT2D eigenvalue weighted by molar-refractivity contribution is 6.52. The molecule has 0 saturated carbocycles. The summed E-state index contributed by atoms with van der Waals surface area (Å²) in [7, 11) is 0. The zero-order valence-electron chi connectivity index (χ0n) is 29.8. The molecule has 13 heteroatoms. The van der Waals surface area contributed by atoms with E-state index >= 15 is 0 Å². The Balaban J connectivity index is 1.16. The molecule has 2 fully saturated rings. The third kappa shape index (κ3) is 6.84. The highest BCUT2D eigenvalue weighted by Gasteiger charge is 2.62. The van der Waals surface area contributed by atoms with Gasteiger partial charge in [-0.3, -0.25) is 9.59 Å². The highest BCUT2D eigenvalue weighted by Crippen LogP contribution is 2.57. The van der Waals surface area contributed by atoms with Crippen LogP contribution in [-0.4, -0.2) is 110 Å². The number of nitrogens with zero attached hydrogens (tertiary/aromatic N) is 4. The van der Waals surface area contributed by atoms with E-state index in [1.807, 2.05) is 36.4 Å². The molecule has 0 radical (unpaired) electrons. The Morgan fingerprint density at radius 3 is 2.04 bits per heavy atom. The van der Waals surface area contributed by atoms with E-state index in [0.29, 0.717) is 71.6 Å². The monoisotopic (exact) mass is 743 g/mol. The van der Waals surface area contributed by atoms with Crippen LogP contribution in [0.3, 0.4) is 0 Å². The van der Waals surface area contributed by atoms with E-state index in [1.165, 1.54) is 0 Å². The van der Waals surface area contributed by atoms with Crippen LogP contribution in [-0.2, 0) is 14.9 Å². The maximum absolute atomic E-state index is 14.1. The number of ketones is 1. The second-order valence-electron chi connectivity index (χ2n) is 14.0. The minimum absolute atomic E-state index is 0.00377. The van der Waals surface area contributed by atoms with E-state index < -0.39 is 11.2 Å². The lowest BCUT2D eigenvalue weighted by atomic mass is 9.67. The van der Waals surface area contributed by atoms with Gasteiger partial charge < -0.3 is 45.1 Å². The molecule has 12 nitrogen and oxygen atoms in total. The number of aliphatic hydroxyl groups excluding tert-OH is 2. The van der Waals surface area contributed by atoms with Crippen LogP contribution in [0.25, 0.3) is 5.53 Å². The molecule has 3 aromatic carbocycles. The SMILES string of the molecule is [N-]=[N+]=C1C(=O)c2ccc(C(=O)NCCOCCOCCCCCCCl)cc2C12c1ccc(N3CC[C@@H]3CO)cc1Oc1cc(N3CC[C@@H]3CO)ccc12. The van der Waals surface area contributed by atoms with E-state index in [9.17, 15) is 25.3 Å². The fraction of sp³-hybridized carbons (Fsp3) is 0.475. The van der Waals surface area contributed by atoms with E-state index in [4.69, 9.17) is 25.8 Å². The summed E-state index contributed by atoms with van der Waals surface area (Å²) < 4.78 is 17.9. The number of carbonyl (C=O) groups is 2. The molecule has 2 atom stereocenters. The predicted octanol–water partition coefficient (Wildman–Crippen LogP) is 4.70. The molecule has 3 aromatic rings. The van der Waals surface area contributed by atoms with Crippen molar-refractivity contribution in [2.75, 3.05) is 75.0 Å². The zero-order chi connectivity index (χ0) is 37.0. The standard InChI is InChI=1S/C40H46ClN5O7/c41-13-3-1-2-4-17-51-19-20-52-18-14-43-39(50)26-5-8-31-34(21-26)40(38(44-42)37(31)49)32-9-6-27(45-15-11-29(45)24-47)22-35(32)53-36-23-28(7-10-33(36)40)46-16-12-30(46)25-48/h5-10,21-23,29-30,47-48H,1-4,11-20,24-25H2,(H,43,50)/t29-,30-/m1/s1. The van der Waals surface area contributed by atoms with E-state index in [-0.39, 0.29) is 43.5 Å². The molecule has 0 unspecified atom stereocenters. The number of halogens is 1. The molecule has 3 heterocycles. The Labute approximate surface area is 314 Å². The fourth-order valence-electron chi connectivity index (χ4n) is 7.97. The maximum atomic E-state index is 14.1. The molecule has 1 spiro atoms. The van der Waals surface area contributed by atoms with Crippen molar-refractivity contribution in [1.82, 2.24) is 5.32 Å². The minimum Gasteiger partial charge on any atom is -0.457 e. The van der Waals surface area contributed by atoms with Crippen molar-refractivity contribution in [3.05, 3.63) is 87.9 Å². The smallest absolute Gasteiger partial charge is 0.358 e. The van der Waals surface area contributed by atoms with Gasteiger partial charge >= 0.3 is 5.71 Å². The number of carbonyl (C=O) groups excluding carboxylic acids is 2. The maximum Gasteiger partial charge on any atom is 0.358 e. The van der Waals surface area contributed by atoms with Crippen LogP contribution in [0.1, 0.15) is 75.9 Å². The molecule has 7 rings (SSSR count). The normalized spacial score (nSPS) is 19.2. The van der Waals surface area contributed by atoms with Crippen molar-refractivity contribution in [1.29, 1.82) is 0 Å². The number of amides is 1. The molecule has 1 aliphatic carbocycles. The molecule has 0 aromatic heterocycles. The second-order valence-corrected chi connectivity index (χ2v) is 14.3. The molecule has 1 amide bonds. The van der Waals surface area contributed by atoms with Gasteiger partial charge in [0.05, 0.1) is 45.1 Å². The molecular weight excluding hydrogens is 698 g/mol. The van der Waals surface area contributed by atoms with Gasteiger partial charge in [-0.25, -0.2) is 0 Å². The van der Waals surface area contributed by atoms with Gasteiger partial charge in [0, 0.05) is 77.9 Å². The minimum atomic E-state index is -1.39. The fourth-order valence-corrected chi connectivity index (χ4v) is 8.16. The van der Waals surface area contributed by atoms with Gasteiger partial charge in [0.2, 0.25) is 0 Å². The van der Waals surface area contributed by atoms with Gasteiger partial charge in [-0.15, -0.1) is 11.6 Å². The number of hydrogen-bond donors (Lipinski definition) is 3. The number of unbranched alkanes of at least 4 members (excludes halogenated alkanes) is 3. The number of anilines is 2. The summed E-state index contributed by atoms with van der Waals surface area (Å²) in [5.74, 6) is 0.861. The lowest BCUT2D eigenvalue weighted by Crippen LogP contribution is -2.50. The second kappa shape index (κ2) is 16.4. The predicted molar refractivity (Wildman–Crippen MR) is 201 cm³/mol. The first-order valence-corrected chi connectivity index (χ1v) is 19.1. The molecule has 4 aliphatic rings. The lowest BCUT2D eigenvalue weighted by molar-refractivity contribution is -0.0118. The molecule has 2 saturated heterocycles. The van der Waals surface area contributed by atoms with Crippen LogP contribution in [0.2, 0.25) is 0 Å². The summed E-state index contributed by atoms with van der Waals surface area (Å²) in [6, 6.07) is 16.3. The first-order valence-electron chi connectivity index (χ1n) is 18.6. The number of hydrogen-bond acceptors (Lipinski definition) is 9. The van der Waals surface area contributed by atoms with Gasteiger partial charge in [0.15, 0.2) is 5.41 Å². The number of ether oxygens (including phenoxy) is 3. The Morgan fingerprint density at radius 1 is 0.849 bits per heavy atom. The number of alkyl halides is 1. The number of benzene rings is 3. The largest absolute Gasteiger partial charge is 0.457 e. The van der Waals surface area contributed by atoms with Crippen LogP contribution in [0.4, 0.5) is 11.4 Å². The van der Waals surface area contributed by atoms with Crippen molar-refractivity contribution in [3.8, 4) is 11.5 Å². The third-order valence-corrected chi connectivity index (χ3v) is 11.3. The molecule has 0 bridgehead atoms. The number of nitrogens with one attached hydrogen (secondary N) is 1. The molecule has 53 heavy (non-hydrogen) atoms. The summed E-state index contributed by atoms with van der Waals surface area (Å²) in [5.41, 5.74) is 13.2. The molecule has 3 N–H and O–H groups in total. The highest BCUT2D eigenvalue weighted by atomic mass is 35.5. The van der Waals surface area contributed by atoms with Crippen molar-refractivity contribution in [2.24, 2.45) is 0 Å². The topological polar surface area (TPSA) is 157 Å². The summed E-state index contributed by atoms with van der Waals surface area (Å²) in [6.45, 7) is 3.80. The van der Waals surface area contributed by atoms with Gasteiger partial charge in [0.1, 0.15) is 11.5 Å². The number of aliphatic hydroxyl groups is 2. The molecular formula is C40H46ClN5O7. The summed E-state index contributed by atoms with van der Waals surface area (Å²) in [4.78, 5) is 35.5. The van der Waals surface area contributed by atoms with Crippen molar-refractivity contribution in [2.45, 2.75) is 56.0 Å². The first kappa shape index (κ1) is 37.0. The van der Waals surface area contributed by atoms with Crippen LogP contribution in [0.5, 0.6) is 11.5 Å². The third-order valence-electron chi connectivity index (χ3n) is 11.0. The Hall–Kier alpha value is -4.29. The molecule has 280 valence electrons. The van der Waals surface area contributed by atoms with Crippen LogP contribution in [0.15, 0.2) is 54.6 Å². The van der Waals surface area contributed by atoms with Gasteiger partial charge in [0.25, 0.3) is 11.7 Å². The Bertz CT molecular complexity index is 1830. The van der Waals surface area contributed by atoms with E-state index in [0.717, 1.165) is 63.0 Å². The first-order chi connectivity index (χ1) is 26.0. The Morgan fingerprint density at radius 2 is 1.47 bits per heavy atom. The van der Waals surface area contributed by atoms with Crippen molar-refractivity contribution >= 4 is 40.4 Å². The van der Waals surface area contributed by atoms with Gasteiger partial charge in [-0.05, 0) is 61.6 Å². The van der Waals surface area contributed by atoms with Gasteiger partial charge in [-0.1, -0.05) is 25.0 Å². The summed E-state index contributed by atoms with van der Waals surface area (Å²) >= 11 is 5.71. The number of rotatable bonds is 17. The van der Waals surface area contributed by atoms with E-state index in [1.54, 1.807) is 18.2 Å². The van der Waals surface area contributed by atoms with Gasteiger partial charge in [-0.2, -0.15) is 4.79 Å². The van der Waals surface area contributed by atoms with Crippen molar-refractivity contribution < 1.29 is 38.8 Å². The van der Waals surface area contributed by atoms with E-state index in [2.05, 4.69) is 19.9 Å². The number of Topliss-reactive ketones (excluding diaryl/α,β-unsaturated/α-hetero) is 1. The Kier molecular flexibility index (Phi) is 11.5. The van der Waals surface area contributed by atoms with Crippen LogP contribution >= 0.6 is 11.6 Å². The van der Waals surface area contributed by atoms with Crippen LogP contribution < -0.4 is 19.9 Å².